The van der Waals surface area contributed by atoms with Crippen LogP contribution in [0.2, 0.25) is 0 Å². The molecule has 0 radical (unpaired) electrons. The number of hydrogen-bond acceptors (Lipinski definition) is 1. The number of nitrogens with zero attached hydrogens (tertiary/aromatic N) is 1. The molecule has 0 N–H and O–H groups in total. The van der Waals surface area contributed by atoms with Gasteiger partial charge >= 0.3 is 0 Å². The second kappa shape index (κ2) is 5.14. The molecule has 0 fully saturated rings. The summed E-state index contributed by atoms with van der Waals surface area (Å²) in [4.78, 5) is 13.1. The Morgan fingerprint density at radius 2 is 2.21 bits per heavy atom. The van der Waals surface area contributed by atoms with Gasteiger partial charge in [-0.15, -0.1) is 6.58 Å². The van der Waals surface area contributed by atoms with Crippen molar-refractivity contribution in [3.05, 3.63) is 40.5 Å². The fourth-order valence-corrected chi connectivity index (χ4v) is 1.87. The van der Waals surface area contributed by atoms with Crippen LogP contribution in [0.3, 0.4) is 0 Å². The Balaban J connectivity index is 3.04. The molecule has 0 atom stereocenters. The number of rotatable bonds is 3. The van der Waals surface area contributed by atoms with E-state index in [0.29, 0.717) is 6.54 Å². The fourth-order valence-electron chi connectivity index (χ4n) is 1.20. The Hall–Kier alpha value is -0.840. The highest BCUT2D eigenvalue weighted by Crippen LogP contribution is 2.21. The van der Waals surface area contributed by atoms with Crippen molar-refractivity contribution in [2.75, 3.05) is 11.4 Å². The Kier molecular flexibility index (Phi) is 4.13. The monoisotopic (exact) mass is 301 g/mol. The van der Waals surface area contributed by atoms with Crippen molar-refractivity contribution >= 4 is 34.2 Å². The van der Waals surface area contributed by atoms with Gasteiger partial charge in [-0.1, -0.05) is 18.2 Å². The lowest BCUT2D eigenvalue weighted by molar-refractivity contribution is -0.116. The molecule has 0 aliphatic carbocycles. The number of para-hydroxylation sites is 1. The van der Waals surface area contributed by atoms with E-state index in [0.717, 1.165) is 9.26 Å². The summed E-state index contributed by atoms with van der Waals surface area (Å²) in [6.45, 7) is 5.75. The van der Waals surface area contributed by atoms with Crippen molar-refractivity contribution in [3.63, 3.8) is 0 Å². The molecule has 2 nitrogen and oxygen atoms in total. The summed E-state index contributed by atoms with van der Waals surface area (Å²) in [5.41, 5.74) is 0.945. The van der Waals surface area contributed by atoms with E-state index in [1.807, 2.05) is 24.3 Å². The molecule has 74 valence electrons. The maximum atomic E-state index is 11.4. The number of amides is 1. The van der Waals surface area contributed by atoms with Gasteiger partial charge in [-0.3, -0.25) is 4.79 Å². The molecule has 0 bridgehead atoms. The molecule has 14 heavy (non-hydrogen) atoms. The number of benzene rings is 1. The van der Waals surface area contributed by atoms with Gasteiger partial charge in [0.15, 0.2) is 0 Å². The van der Waals surface area contributed by atoms with E-state index in [1.165, 1.54) is 0 Å². The van der Waals surface area contributed by atoms with Crippen molar-refractivity contribution in [3.8, 4) is 0 Å². The van der Waals surface area contributed by atoms with Crippen LogP contribution in [0.5, 0.6) is 0 Å². The van der Waals surface area contributed by atoms with Crippen molar-refractivity contribution in [2.24, 2.45) is 0 Å². The van der Waals surface area contributed by atoms with E-state index in [2.05, 4.69) is 29.2 Å². The first kappa shape index (κ1) is 11.2. The van der Waals surface area contributed by atoms with E-state index in [-0.39, 0.29) is 5.91 Å². The second-order valence-electron chi connectivity index (χ2n) is 2.87. The lowest BCUT2D eigenvalue weighted by Gasteiger charge is -2.20. The highest BCUT2D eigenvalue weighted by Gasteiger charge is 2.11. The molecule has 1 aromatic rings. The highest BCUT2D eigenvalue weighted by atomic mass is 127. The zero-order valence-electron chi connectivity index (χ0n) is 8.03. The van der Waals surface area contributed by atoms with Gasteiger partial charge in [0.25, 0.3) is 0 Å². The Morgan fingerprint density at radius 1 is 1.57 bits per heavy atom. The second-order valence-corrected chi connectivity index (χ2v) is 4.03. The molecule has 0 unspecified atom stereocenters. The van der Waals surface area contributed by atoms with Gasteiger partial charge in [-0.2, -0.15) is 0 Å². The summed E-state index contributed by atoms with van der Waals surface area (Å²) in [6.07, 6.45) is 1.73. The van der Waals surface area contributed by atoms with E-state index in [9.17, 15) is 4.79 Å². The van der Waals surface area contributed by atoms with Gasteiger partial charge in [0.1, 0.15) is 0 Å². The topological polar surface area (TPSA) is 20.3 Å². The summed E-state index contributed by atoms with van der Waals surface area (Å²) in [6, 6.07) is 7.80. The Labute approximate surface area is 97.7 Å². The molecule has 1 amide bonds. The van der Waals surface area contributed by atoms with Gasteiger partial charge in [-0.05, 0) is 34.7 Å². The van der Waals surface area contributed by atoms with E-state index in [4.69, 9.17) is 0 Å². The van der Waals surface area contributed by atoms with Crippen LogP contribution in [0, 0.1) is 3.57 Å². The third-order valence-corrected chi connectivity index (χ3v) is 2.75. The number of carbonyl (C=O) groups is 1. The standard InChI is InChI=1S/C11H12INO/c1-3-8-13(9(2)14)11-7-5-4-6-10(11)12/h3-7H,1,8H2,2H3. The van der Waals surface area contributed by atoms with Crippen LogP contribution < -0.4 is 4.90 Å². The summed E-state index contributed by atoms with van der Waals surface area (Å²) in [5.74, 6) is 0.0361. The van der Waals surface area contributed by atoms with Crippen LogP contribution in [-0.4, -0.2) is 12.5 Å². The zero-order chi connectivity index (χ0) is 10.6. The minimum absolute atomic E-state index is 0.0361. The number of halogens is 1. The minimum atomic E-state index is 0.0361. The van der Waals surface area contributed by atoms with Crippen LogP contribution in [-0.2, 0) is 4.79 Å². The summed E-state index contributed by atoms with van der Waals surface area (Å²) in [5, 5.41) is 0. The smallest absolute Gasteiger partial charge is 0.224 e. The lowest BCUT2D eigenvalue weighted by Crippen LogP contribution is -2.29. The minimum Gasteiger partial charge on any atom is -0.308 e. The van der Waals surface area contributed by atoms with Crippen LogP contribution in [0.4, 0.5) is 5.69 Å². The van der Waals surface area contributed by atoms with Crippen molar-refractivity contribution < 1.29 is 4.79 Å². The average Bonchev–Trinajstić information content (AvgIpc) is 2.15. The van der Waals surface area contributed by atoms with Gasteiger partial charge in [-0.25, -0.2) is 0 Å². The van der Waals surface area contributed by atoms with E-state index in [1.54, 1.807) is 17.9 Å². The largest absolute Gasteiger partial charge is 0.308 e. The van der Waals surface area contributed by atoms with Crippen molar-refractivity contribution in [1.29, 1.82) is 0 Å². The molecular weight excluding hydrogens is 289 g/mol. The molecular formula is C11H12INO. The molecule has 0 spiro atoms. The Bertz CT molecular complexity index is 349. The van der Waals surface area contributed by atoms with Crippen molar-refractivity contribution in [2.45, 2.75) is 6.92 Å². The van der Waals surface area contributed by atoms with E-state index >= 15 is 0 Å². The normalized spacial score (nSPS) is 9.57. The lowest BCUT2D eigenvalue weighted by atomic mass is 10.3. The first-order valence-corrected chi connectivity index (χ1v) is 5.38. The van der Waals surface area contributed by atoms with Gasteiger partial charge < -0.3 is 4.90 Å². The van der Waals surface area contributed by atoms with Crippen LogP contribution >= 0.6 is 22.6 Å². The number of carbonyl (C=O) groups excluding carboxylic acids is 1. The average molecular weight is 301 g/mol. The van der Waals surface area contributed by atoms with E-state index < -0.39 is 0 Å². The molecule has 0 aliphatic rings. The number of anilines is 1. The maximum Gasteiger partial charge on any atom is 0.224 e. The number of hydrogen-bond donors (Lipinski definition) is 0. The van der Waals surface area contributed by atoms with Gasteiger partial charge in [0.05, 0.1) is 5.69 Å². The third kappa shape index (κ3) is 2.57. The van der Waals surface area contributed by atoms with Crippen LogP contribution in [0.15, 0.2) is 36.9 Å². The maximum absolute atomic E-state index is 11.4. The van der Waals surface area contributed by atoms with Crippen LogP contribution in [0.1, 0.15) is 6.92 Å². The third-order valence-electron chi connectivity index (χ3n) is 1.84. The molecule has 1 rings (SSSR count). The quantitative estimate of drug-likeness (QED) is 0.621. The molecule has 1 aromatic carbocycles. The molecule has 0 aliphatic heterocycles. The van der Waals surface area contributed by atoms with Gasteiger partial charge in [0.2, 0.25) is 5.91 Å². The molecule has 0 saturated heterocycles. The molecule has 0 heterocycles. The van der Waals surface area contributed by atoms with Crippen LogP contribution in [0.25, 0.3) is 0 Å². The van der Waals surface area contributed by atoms with Gasteiger partial charge in [0, 0.05) is 17.0 Å². The molecule has 0 aromatic heterocycles. The first-order chi connectivity index (χ1) is 6.66. The highest BCUT2D eigenvalue weighted by molar-refractivity contribution is 14.1. The molecule has 0 saturated carbocycles. The fraction of sp³-hybridized carbons (Fsp3) is 0.182. The SMILES string of the molecule is C=CCN(C(C)=O)c1ccccc1I. The predicted molar refractivity (Wildman–Crippen MR) is 67.4 cm³/mol. The molecule has 3 heteroatoms. The Morgan fingerprint density at radius 3 is 2.71 bits per heavy atom. The van der Waals surface area contributed by atoms with Crippen molar-refractivity contribution in [1.82, 2.24) is 0 Å². The zero-order valence-corrected chi connectivity index (χ0v) is 10.2. The summed E-state index contributed by atoms with van der Waals surface area (Å²) >= 11 is 2.22. The summed E-state index contributed by atoms with van der Waals surface area (Å²) in [7, 11) is 0. The predicted octanol–water partition coefficient (Wildman–Crippen LogP) is 2.83. The first-order valence-electron chi connectivity index (χ1n) is 4.30. The summed E-state index contributed by atoms with van der Waals surface area (Å²) < 4.78 is 1.07.